The number of aromatic nitrogens is 1. The molecule has 0 aliphatic heterocycles. The number of hydrogen-bond acceptors (Lipinski definition) is 4. The second-order valence-corrected chi connectivity index (χ2v) is 4.51. The van der Waals surface area contributed by atoms with Gasteiger partial charge in [0.05, 0.1) is 0 Å². The summed E-state index contributed by atoms with van der Waals surface area (Å²) in [5.74, 6) is -0.863. The van der Waals surface area contributed by atoms with Crippen molar-refractivity contribution in [3.8, 4) is 0 Å². The highest BCUT2D eigenvalue weighted by Gasteiger charge is 2.19. The Kier molecular flexibility index (Phi) is 4.13. The minimum atomic E-state index is -3.85. The summed E-state index contributed by atoms with van der Waals surface area (Å²) >= 11 is 0. The van der Waals surface area contributed by atoms with Gasteiger partial charge in [0, 0.05) is 12.7 Å². The van der Waals surface area contributed by atoms with E-state index in [-0.39, 0.29) is 6.54 Å². The van der Waals surface area contributed by atoms with Crippen molar-refractivity contribution >= 4 is 10.0 Å². The highest BCUT2D eigenvalue weighted by molar-refractivity contribution is 7.89. The third kappa shape index (κ3) is 3.22. The van der Waals surface area contributed by atoms with Crippen molar-refractivity contribution < 1.29 is 12.8 Å². The van der Waals surface area contributed by atoms with Gasteiger partial charge in [-0.05, 0) is 25.1 Å². The second kappa shape index (κ2) is 5.15. The number of nitrogens with one attached hydrogen (secondary N) is 1. The molecule has 1 rings (SSSR count). The SMILES string of the molecule is NCCCNS(=O)(=O)c1ncccc1F. The van der Waals surface area contributed by atoms with E-state index < -0.39 is 20.9 Å². The molecule has 0 saturated carbocycles. The molecule has 0 bridgehead atoms. The fourth-order valence-corrected chi connectivity index (χ4v) is 2.02. The average molecular weight is 233 g/mol. The smallest absolute Gasteiger partial charge is 0.261 e. The summed E-state index contributed by atoms with van der Waals surface area (Å²) in [7, 11) is -3.85. The Labute approximate surface area is 87.6 Å². The Bertz CT molecular complexity index is 422. The Balaban J connectivity index is 2.83. The van der Waals surface area contributed by atoms with Crippen LogP contribution in [0.5, 0.6) is 0 Å². The Morgan fingerprint density at radius 1 is 1.53 bits per heavy atom. The summed E-state index contributed by atoms with van der Waals surface area (Å²) in [6.07, 6.45) is 1.72. The van der Waals surface area contributed by atoms with Crippen molar-refractivity contribution in [2.45, 2.75) is 11.4 Å². The van der Waals surface area contributed by atoms with E-state index in [0.29, 0.717) is 13.0 Å². The van der Waals surface area contributed by atoms with Crippen molar-refractivity contribution in [3.05, 3.63) is 24.1 Å². The van der Waals surface area contributed by atoms with Crippen molar-refractivity contribution in [3.63, 3.8) is 0 Å². The molecule has 0 fully saturated rings. The highest BCUT2D eigenvalue weighted by atomic mass is 32.2. The first kappa shape index (κ1) is 12.0. The molecule has 0 unspecified atom stereocenters. The molecule has 0 spiro atoms. The van der Waals surface area contributed by atoms with Crippen molar-refractivity contribution in [2.75, 3.05) is 13.1 Å². The van der Waals surface area contributed by atoms with Crippen LogP contribution in [-0.4, -0.2) is 26.5 Å². The monoisotopic (exact) mass is 233 g/mol. The van der Waals surface area contributed by atoms with E-state index >= 15 is 0 Å². The van der Waals surface area contributed by atoms with Crippen LogP contribution in [0.3, 0.4) is 0 Å². The third-order valence-electron chi connectivity index (χ3n) is 1.65. The van der Waals surface area contributed by atoms with Gasteiger partial charge < -0.3 is 5.73 Å². The summed E-state index contributed by atoms with van der Waals surface area (Å²) in [6, 6.07) is 2.37. The predicted octanol–water partition coefficient (Wildman–Crippen LogP) is -0.152. The Morgan fingerprint density at radius 3 is 2.87 bits per heavy atom. The van der Waals surface area contributed by atoms with Gasteiger partial charge in [-0.1, -0.05) is 0 Å². The fraction of sp³-hybridized carbons (Fsp3) is 0.375. The van der Waals surface area contributed by atoms with E-state index in [4.69, 9.17) is 5.73 Å². The van der Waals surface area contributed by atoms with Gasteiger partial charge in [0.25, 0.3) is 10.0 Å². The Hall–Kier alpha value is -1.05. The lowest BCUT2D eigenvalue weighted by Crippen LogP contribution is -2.27. The van der Waals surface area contributed by atoms with E-state index in [0.717, 1.165) is 6.07 Å². The number of nitrogens with zero attached hydrogens (tertiary/aromatic N) is 1. The number of nitrogens with two attached hydrogens (primary N) is 1. The maximum Gasteiger partial charge on any atom is 0.261 e. The van der Waals surface area contributed by atoms with Gasteiger partial charge in [-0.15, -0.1) is 0 Å². The molecular weight excluding hydrogens is 221 g/mol. The summed E-state index contributed by atoms with van der Waals surface area (Å²) < 4.78 is 38.2. The third-order valence-corrected chi connectivity index (χ3v) is 3.05. The summed E-state index contributed by atoms with van der Waals surface area (Å²) in [6.45, 7) is 0.544. The largest absolute Gasteiger partial charge is 0.330 e. The van der Waals surface area contributed by atoms with Crippen LogP contribution in [0, 0.1) is 5.82 Å². The predicted molar refractivity (Wildman–Crippen MR) is 53.1 cm³/mol. The molecule has 15 heavy (non-hydrogen) atoms. The van der Waals surface area contributed by atoms with Gasteiger partial charge in [-0.3, -0.25) is 0 Å². The lowest BCUT2D eigenvalue weighted by atomic mass is 10.4. The summed E-state index contributed by atoms with van der Waals surface area (Å²) in [5.41, 5.74) is 5.20. The van der Waals surface area contributed by atoms with Crippen molar-refractivity contribution in [1.82, 2.24) is 9.71 Å². The molecule has 0 amide bonds. The van der Waals surface area contributed by atoms with E-state index in [1.54, 1.807) is 0 Å². The zero-order valence-corrected chi connectivity index (χ0v) is 8.80. The Morgan fingerprint density at radius 2 is 2.27 bits per heavy atom. The first-order valence-corrected chi connectivity index (χ1v) is 5.86. The fourth-order valence-electron chi connectivity index (χ4n) is 0.946. The number of hydrogen-bond donors (Lipinski definition) is 2. The number of pyridine rings is 1. The molecule has 3 N–H and O–H groups in total. The van der Waals surface area contributed by atoms with Gasteiger partial charge >= 0.3 is 0 Å². The first-order valence-electron chi connectivity index (χ1n) is 4.38. The van der Waals surface area contributed by atoms with Gasteiger partial charge in [-0.25, -0.2) is 22.5 Å². The molecule has 84 valence electrons. The van der Waals surface area contributed by atoms with Crippen LogP contribution in [0.2, 0.25) is 0 Å². The lowest BCUT2D eigenvalue weighted by molar-refractivity contribution is 0.543. The maximum absolute atomic E-state index is 13.1. The lowest BCUT2D eigenvalue weighted by Gasteiger charge is -2.05. The minimum Gasteiger partial charge on any atom is -0.330 e. The summed E-state index contributed by atoms with van der Waals surface area (Å²) in [5, 5.41) is -0.581. The molecule has 5 nitrogen and oxygen atoms in total. The first-order chi connectivity index (χ1) is 7.08. The van der Waals surface area contributed by atoms with Gasteiger partial charge in [0.15, 0.2) is 5.82 Å². The van der Waals surface area contributed by atoms with Crippen LogP contribution < -0.4 is 10.5 Å². The van der Waals surface area contributed by atoms with Crippen LogP contribution in [0.15, 0.2) is 23.4 Å². The number of sulfonamides is 1. The molecule has 0 radical (unpaired) electrons. The molecule has 1 aromatic heterocycles. The van der Waals surface area contributed by atoms with Crippen LogP contribution in [-0.2, 0) is 10.0 Å². The molecule has 0 aliphatic rings. The van der Waals surface area contributed by atoms with Crippen molar-refractivity contribution in [1.29, 1.82) is 0 Å². The van der Waals surface area contributed by atoms with E-state index in [2.05, 4.69) is 9.71 Å². The quantitative estimate of drug-likeness (QED) is 0.692. The van der Waals surface area contributed by atoms with Crippen molar-refractivity contribution in [2.24, 2.45) is 5.73 Å². The number of halogens is 1. The zero-order valence-electron chi connectivity index (χ0n) is 7.98. The molecule has 0 saturated heterocycles. The van der Waals surface area contributed by atoms with Crippen LogP contribution in [0.25, 0.3) is 0 Å². The molecule has 1 heterocycles. The minimum absolute atomic E-state index is 0.175. The zero-order chi connectivity index (χ0) is 11.3. The molecule has 0 aliphatic carbocycles. The summed E-state index contributed by atoms with van der Waals surface area (Å²) in [4.78, 5) is 3.47. The highest BCUT2D eigenvalue weighted by Crippen LogP contribution is 2.09. The maximum atomic E-state index is 13.1. The topological polar surface area (TPSA) is 85.1 Å². The molecular formula is C8H12FN3O2S. The van der Waals surface area contributed by atoms with Gasteiger partial charge in [-0.2, -0.15) is 0 Å². The van der Waals surface area contributed by atoms with E-state index in [1.165, 1.54) is 12.3 Å². The van der Waals surface area contributed by atoms with E-state index in [1.807, 2.05) is 0 Å². The molecule has 0 aromatic carbocycles. The average Bonchev–Trinajstić information content (AvgIpc) is 2.18. The van der Waals surface area contributed by atoms with Crippen LogP contribution in [0.4, 0.5) is 4.39 Å². The van der Waals surface area contributed by atoms with Crippen LogP contribution >= 0.6 is 0 Å². The van der Waals surface area contributed by atoms with Crippen LogP contribution in [0.1, 0.15) is 6.42 Å². The standard InChI is InChI=1S/C8H12FN3O2S/c9-7-3-1-5-11-8(7)15(13,14)12-6-2-4-10/h1,3,5,12H,2,4,6,10H2. The molecule has 0 atom stereocenters. The normalized spacial score (nSPS) is 11.6. The van der Waals surface area contributed by atoms with Gasteiger partial charge in [0.2, 0.25) is 5.03 Å². The van der Waals surface area contributed by atoms with Gasteiger partial charge in [0.1, 0.15) is 0 Å². The molecule has 7 heteroatoms. The second-order valence-electron chi connectivity index (χ2n) is 2.83. The molecule has 1 aromatic rings. The van der Waals surface area contributed by atoms with E-state index in [9.17, 15) is 12.8 Å². The number of rotatable bonds is 5.